The Bertz CT molecular complexity index is 2310. The average molecular weight is 1430 g/mol. The molecule has 2 unspecified atom stereocenters. The van der Waals surface area contributed by atoms with E-state index in [2.05, 4.69) is 184 Å². The van der Waals surface area contributed by atoms with Gasteiger partial charge in [-0.15, -0.1) is 0 Å². The summed E-state index contributed by atoms with van der Waals surface area (Å²) in [5, 5.41) is 11.9. The Balaban J connectivity index is 4.05. The van der Waals surface area contributed by atoms with Crippen LogP contribution in [-0.2, 0) is 33.3 Å². The predicted molar refractivity (Wildman–Crippen MR) is 444 cm³/mol. The summed E-state index contributed by atoms with van der Waals surface area (Å²) in [7, 11) is 5.93. The minimum Gasteiger partial charge on any atom is -0.545 e. The number of ether oxygens (including phenoxy) is 4. The zero-order valence-corrected chi connectivity index (χ0v) is 67.1. The summed E-state index contributed by atoms with van der Waals surface area (Å²) in [5.74, 6) is -2.29. The van der Waals surface area contributed by atoms with Crippen molar-refractivity contribution in [2.75, 3.05) is 47.5 Å². The fourth-order valence-electron chi connectivity index (χ4n) is 11.6. The molecule has 9 heteroatoms. The van der Waals surface area contributed by atoms with Gasteiger partial charge in [0.05, 0.1) is 40.3 Å². The summed E-state index contributed by atoms with van der Waals surface area (Å²) in [4.78, 5) is 37.7. The molecule has 0 aliphatic carbocycles. The smallest absolute Gasteiger partial charge is 0.306 e. The van der Waals surface area contributed by atoms with E-state index < -0.39 is 24.3 Å². The Morgan fingerprint density at radius 2 is 0.524 bits per heavy atom. The molecule has 0 heterocycles. The number of quaternary nitrogens is 1. The number of esters is 2. The van der Waals surface area contributed by atoms with Gasteiger partial charge in [-0.25, -0.2) is 0 Å². The fourth-order valence-corrected chi connectivity index (χ4v) is 11.6. The molecule has 586 valence electrons. The number of carboxylic acid groups (broad SMARTS) is 1. The van der Waals surface area contributed by atoms with Gasteiger partial charge in [0.25, 0.3) is 0 Å². The first-order valence-corrected chi connectivity index (χ1v) is 42.3. The van der Waals surface area contributed by atoms with Gasteiger partial charge in [0.15, 0.2) is 12.4 Å². The molecule has 2 atom stereocenters. The van der Waals surface area contributed by atoms with Crippen LogP contribution in [0.4, 0.5) is 0 Å². The van der Waals surface area contributed by atoms with Crippen LogP contribution in [0.25, 0.3) is 0 Å². The van der Waals surface area contributed by atoms with E-state index in [1.54, 1.807) is 0 Å². The maximum atomic E-state index is 13.0. The lowest BCUT2D eigenvalue weighted by atomic mass is 10.0. The molecule has 0 saturated carbocycles. The molecular formula is C94H157NO8. The number of carbonyl (C=O) groups excluding carboxylic acids is 3. The van der Waals surface area contributed by atoms with Gasteiger partial charge in [-0.3, -0.25) is 9.59 Å². The third-order valence-corrected chi connectivity index (χ3v) is 18.0. The second kappa shape index (κ2) is 82.3. The zero-order valence-electron chi connectivity index (χ0n) is 67.1. The van der Waals surface area contributed by atoms with Crippen molar-refractivity contribution in [3.8, 4) is 0 Å². The largest absolute Gasteiger partial charge is 0.545 e. The third kappa shape index (κ3) is 83.8. The van der Waals surface area contributed by atoms with Crippen molar-refractivity contribution in [1.82, 2.24) is 0 Å². The molecular weight excluding hydrogens is 1270 g/mol. The summed E-state index contributed by atoms with van der Waals surface area (Å²) in [6.45, 7) is 4.53. The summed E-state index contributed by atoms with van der Waals surface area (Å²) in [5.41, 5.74) is 0. The normalized spacial score (nSPS) is 13.5. The highest BCUT2D eigenvalue weighted by Gasteiger charge is 2.22. The number of unbranched alkanes of at least 4 members (excludes halogenated alkanes) is 34. The molecule has 0 N–H and O–H groups in total. The maximum Gasteiger partial charge on any atom is 0.306 e. The minimum absolute atomic E-state index is 0.140. The van der Waals surface area contributed by atoms with E-state index in [9.17, 15) is 19.5 Å². The Labute approximate surface area is 635 Å². The Morgan fingerprint density at radius 1 is 0.291 bits per heavy atom. The monoisotopic (exact) mass is 1430 g/mol. The first-order chi connectivity index (χ1) is 50.6. The van der Waals surface area contributed by atoms with E-state index in [-0.39, 0.29) is 38.6 Å². The molecule has 0 aliphatic heterocycles. The van der Waals surface area contributed by atoms with Crippen LogP contribution in [0, 0.1) is 0 Å². The number of nitrogens with zero attached hydrogens (tertiary/aromatic N) is 1. The van der Waals surface area contributed by atoms with Gasteiger partial charge in [0, 0.05) is 12.8 Å². The molecule has 0 radical (unpaired) electrons. The van der Waals surface area contributed by atoms with Crippen LogP contribution in [0.15, 0.2) is 170 Å². The van der Waals surface area contributed by atoms with Crippen molar-refractivity contribution in [3.05, 3.63) is 170 Å². The van der Waals surface area contributed by atoms with Crippen molar-refractivity contribution in [3.63, 3.8) is 0 Å². The first kappa shape index (κ1) is 97.7. The number of aliphatic carboxylic acids is 1. The number of hydrogen-bond donors (Lipinski definition) is 0. The summed E-state index contributed by atoms with van der Waals surface area (Å²) < 4.78 is 22.9. The van der Waals surface area contributed by atoms with Crippen LogP contribution >= 0.6 is 0 Å². The number of likely N-dealkylation sites (N-methyl/N-ethyl adjacent to an activating group) is 1. The Kier molecular flexibility index (Phi) is 78.0. The summed E-state index contributed by atoms with van der Waals surface area (Å²) in [6.07, 6.45) is 121. The maximum absolute atomic E-state index is 13.0. The number of hydrogen-bond acceptors (Lipinski definition) is 8. The molecule has 0 aromatic rings. The topological polar surface area (TPSA) is 111 Å². The van der Waals surface area contributed by atoms with Crippen molar-refractivity contribution in [1.29, 1.82) is 0 Å². The fraction of sp³-hybridized carbons (Fsp3) is 0.670. The van der Waals surface area contributed by atoms with Crippen LogP contribution in [0.3, 0.4) is 0 Å². The average Bonchev–Trinajstić information content (AvgIpc) is 0.985. The van der Waals surface area contributed by atoms with Gasteiger partial charge in [-0.1, -0.05) is 377 Å². The second-order valence-corrected chi connectivity index (χ2v) is 29.0. The van der Waals surface area contributed by atoms with E-state index in [0.29, 0.717) is 17.4 Å². The van der Waals surface area contributed by atoms with Crippen molar-refractivity contribution in [2.24, 2.45) is 0 Å². The van der Waals surface area contributed by atoms with E-state index in [0.717, 1.165) is 135 Å². The number of carbonyl (C=O) groups is 3. The molecule has 103 heavy (non-hydrogen) atoms. The third-order valence-electron chi connectivity index (χ3n) is 18.0. The molecule has 9 nitrogen and oxygen atoms in total. The Hall–Kier alpha value is -5.35. The van der Waals surface area contributed by atoms with Crippen LogP contribution in [-0.4, -0.2) is 82.3 Å². The lowest BCUT2D eigenvalue weighted by molar-refractivity contribution is -0.870. The summed E-state index contributed by atoms with van der Waals surface area (Å²) >= 11 is 0. The molecule has 0 aromatic carbocycles. The van der Waals surface area contributed by atoms with Crippen LogP contribution in [0.1, 0.15) is 348 Å². The SMILES string of the molecule is CC/C=C\C/C=C\C/C=C\C/C=C\C/C=C\C/C=C\C/C=C\C/C=C\C/C=C\C/C=C\CCCCCCCCCCC(=O)OC(COC(=O)CCCCCCCCCCCCCCCCCCCCCCCCCCCC/C=C\C/C=C\C/C=C\C/C=C\CC)COC(OCC[N+](C)(C)C)C(=O)[O-]. The van der Waals surface area contributed by atoms with Gasteiger partial charge in [0.1, 0.15) is 13.2 Å². The van der Waals surface area contributed by atoms with E-state index in [1.807, 2.05) is 21.1 Å². The molecule has 0 saturated heterocycles. The van der Waals surface area contributed by atoms with Gasteiger partial charge in [-0.05, 0) is 128 Å². The lowest BCUT2D eigenvalue weighted by Gasteiger charge is -2.26. The number of allylic oxidation sites excluding steroid dienone is 28. The van der Waals surface area contributed by atoms with Gasteiger partial charge in [0.2, 0.25) is 0 Å². The lowest BCUT2D eigenvalue weighted by Crippen LogP contribution is -2.44. The molecule has 0 aromatic heterocycles. The zero-order chi connectivity index (χ0) is 74.6. The van der Waals surface area contributed by atoms with Gasteiger partial charge < -0.3 is 33.3 Å². The number of carboxylic acids is 1. The van der Waals surface area contributed by atoms with Gasteiger partial charge >= 0.3 is 11.9 Å². The van der Waals surface area contributed by atoms with E-state index >= 15 is 0 Å². The highest BCUT2D eigenvalue weighted by molar-refractivity contribution is 5.70. The molecule has 0 amide bonds. The van der Waals surface area contributed by atoms with Crippen LogP contribution in [0.5, 0.6) is 0 Å². The predicted octanol–water partition coefficient (Wildman–Crippen LogP) is 26.4. The van der Waals surface area contributed by atoms with Gasteiger partial charge in [-0.2, -0.15) is 0 Å². The first-order valence-electron chi connectivity index (χ1n) is 42.3. The molecule has 0 rings (SSSR count). The number of rotatable bonds is 77. The standard InChI is InChI=1S/C94H157NO8/c1-6-8-10-12-14-16-18-20-22-24-26-28-30-32-34-36-38-40-42-44-46-48-50-52-54-56-58-60-62-64-66-68-70-72-74-76-78-80-82-84-91(96)101-88-90(89-102-94(93(98)99)100-87-86-95(3,4)5)103-92(97)85-83-81-79-77-75-73-71-69-67-65-63-61-59-57-55-53-51-49-47-45-43-41-39-37-35-33-31-29-27-25-23-21-19-17-15-13-11-9-7-2/h8-11,14-17,20-23,26-29,33,35,39,41,45,47,51,53,57,59,63,65,90,94H,6-7,12-13,18-19,24-25,30-32,34,36-38,40,42-44,46,48-50,52,54-56,58,60-62,64,66-89H2,1-5H3/b10-8-,11-9-,16-14-,17-15-,22-20-,23-21-,28-26-,29-27-,35-33-,41-39-,47-45-,53-51-,59-57-,65-63-. The minimum atomic E-state index is -1.63. The molecule has 0 bridgehead atoms. The van der Waals surface area contributed by atoms with Crippen molar-refractivity contribution < 1.29 is 42.9 Å². The van der Waals surface area contributed by atoms with Crippen LogP contribution < -0.4 is 5.11 Å². The quantitative estimate of drug-likeness (QED) is 0.0195. The van der Waals surface area contributed by atoms with E-state index in [4.69, 9.17) is 18.9 Å². The summed E-state index contributed by atoms with van der Waals surface area (Å²) in [6, 6.07) is 0. The van der Waals surface area contributed by atoms with Crippen molar-refractivity contribution in [2.45, 2.75) is 360 Å². The van der Waals surface area contributed by atoms with Crippen molar-refractivity contribution >= 4 is 17.9 Å². The Morgan fingerprint density at radius 3 is 0.777 bits per heavy atom. The second-order valence-electron chi connectivity index (χ2n) is 29.0. The molecule has 0 spiro atoms. The molecule has 0 aliphatic rings. The molecule has 0 fully saturated rings. The highest BCUT2D eigenvalue weighted by atomic mass is 16.7. The van der Waals surface area contributed by atoms with Crippen LogP contribution in [0.2, 0.25) is 0 Å². The van der Waals surface area contributed by atoms with E-state index in [1.165, 1.54) is 180 Å². The highest BCUT2D eigenvalue weighted by Crippen LogP contribution is 2.19.